The molecule has 1 aromatic heterocycles. The van der Waals surface area contributed by atoms with Crippen molar-refractivity contribution < 1.29 is 4.39 Å². The van der Waals surface area contributed by atoms with Crippen molar-refractivity contribution in [3.63, 3.8) is 0 Å². The third kappa shape index (κ3) is 2.02. The number of rotatable bonds is 1. The molecule has 0 fully saturated rings. The molecule has 0 unspecified atom stereocenters. The van der Waals surface area contributed by atoms with Gasteiger partial charge in [-0.05, 0) is 36.6 Å². The van der Waals surface area contributed by atoms with E-state index in [1.165, 1.54) is 23.2 Å². The summed E-state index contributed by atoms with van der Waals surface area (Å²) in [6, 6.07) is 5.02. The maximum atomic E-state index is 13.1. The molecule has 0 saturated carbocycles. The van der Waals surface area contributed by atoms with Crippen LogP contribution in [0.1, 0.15) is 17.0 Å². The van der Waals surface area contributed by atoms with E-state index in [2.05, 4.69) is 14.3 Å². The zero-order valence-corrected chi connectivity index (χ0v) is 10.3. The number of nitrogens with zero attached hydrogens (tertiary/aromatic N) is 3. The molecule has 0 amide bonds. The van der Waals surface area contributed by atoms with Crippen LogP contribution in [0.2, 0.25) is 0 Å². The highest BCUT2D eigenvalue weighted by atomic mass is 32.1. The summed E-state index contributed by atoms with van der Waals surface area (Å²) in [5.74, 6) is 0.666. The van der Waals surface area contributed by atoms with Crippen molar-refractivity contribution >= 4 is 16.7 Å². The summed E-state index contributed by atoms with van der Waals surface area (Å²) in [5, 5.41) is 0.956. The Balaban J connectivity index is 1.88. The van der Waals surface area contributed by atoms with Gasteiger partial charge >= 0.3 is 0 Å². The third-order valence-electron chi connectivity index (χ3n) is 2.97. The lowest BCUT2D eigenvalue weighted by Gasteiger charge is -2.28. The van der Waals surface area contributed by atoms with Crippen LogP contribution >= 0.6 is 11.5 Å². The van der Waals surface area contributed by atoms with Gasteiger partial charge in [-0.15, -0.1) is 0 Å². The summed E-state index contributed by atoms with van der Waals surface area (Å²) in [6.07, 6.45) is 0.867. The molecule has 3 nitrogen and oxygen atoms in total. The van der Waals surface area contributed by atoms with Gasteiger partial charge in [-0.1, -0.05) is 6.07 Å². The molecule has 0 bridgehead atoms. The van der Waals surface area contributed by atoms with E-state index in [0.717, 1.165) is 36.0 Å². The maximum absolute atomic E-state index is 13.1. The summed E-state index contributed by atoms with van der Waals surface area (Å²) >= 11 is 1.42. The fourth-order valence-corrected chi connectivity index (χ4v) is 2.80. The standard InChI is InChI=1S/C12H12FN3S/c1-8-14-12(17-15-8)16-5-4-9-6-11(13)3-2-10(9)7-16/h2-3,6H,4-5,7H2,1H3. The van der Waals surface area contributed by atoms with Crippen LogP contribution in [0.4, 0.5) is 9.52 Å². The van der Waals surface area contributed by atoms with Crippen LogP contribution in [0.15, 0.2) is 18.2 Å². The number of anilines is 1. The minimum atomic E-state index is -0.149. The Morgan fingerprint density at radius 2 is 2.24 bits per heavy atom. The largest absolute Gasteiger partial charge is 0.342 e. The predicted octanol–water partition coefficient (Wildman–Crippen LogP) is 2.55. The molecule has 1 aliphatic heterocycles. The van der Waals surface area contributed by atoms with Crippen LogP contribution in [0, 0.1) is 12.7 Å². The average molecular weight is 249 g/mol. The van der Waals surface area contributed by atoms with Gasteiger partial charge in [0.25, 0.3) is 0 Å². The number of fused-ring (bicyclic) bond motifs is 1. The van der Waals surface area contributed by atoms with E-state index >= 15 is 0 Å². The first kappa shape index (κ1) is 10.7. The van der Waals surface area contributed by atoms with Crippen LogP contribution < -0.4 is 4.90 Å². The zero-order valence-electron chi connectivity index (χ0n) is 9.48. The highest BCUT2D eigenvalue weighted by molar-refractivity contribution is 7.09. The molecule has 3 rings (SSSR count). The molecule has 5 heteroatoms. The van der Waals surface area contributed by atoms with Crippen LogP contribution in [0.5, 0.6) is 0 Å². The second-order valence-corrected chi connectivity index (χ2v) is 4.94. The summed E-state index contributed by atoms with van der Waals surface area (Å²) in [7, 11) is 0. The molecule has 0 N–H and O–H groups in total. The first-order valence-electron chi connectivity index (χ1n) is 5.55. The van der Waals surface area contributed by atoms with E-state index in [-0.39, 0.29) is 5.82 Å². The van der Waals surface area contributed by atoms with Crippen LogP contribution in [0.3, 0.4) is 0 Å². The number of hydrogen-bond acceptors (Lipinski definition) is 4. The van der Waals surface area contributed by atoms with Gasteiger partial charge in [-0.3, -0.25) is 0 Å². The SMILES string of the molecule is Cc1nsc(N2CCc3cc(F)ccc3C2)n1. The first-order valence-corrected chi connectivity index (χ1v) is 6.32. The van der Waals surface area contributed by atoms with Gasteiger partial charge in [-0.25, -0.2) is 9.37 Å². The van der Waals surface area contributed by atoms with Crippen molar-refractivity contribution in [1.29, 1.82) is 0 Å². The summed E-state index contributed by atoms with van der Waals surface area (Å²) in [5.41, 5.74) is 2.30. The van der Waals surface area contributed by atoms with E-state index in [9.17, 15) is 4.39 Å². The van der Waals surface area contributed by atoms with Crippen molar-refractivity contribution in [3.8, 4) is 0 Å². The fraction of sp³-hybridized carbons (Fsp3) is 0.333. The molecule has 0 radical (unpaired) electrons. The van der Waals surface area contributed by atoms with Crippen LogP contribution in [0.25, 0.3) is 0 Å². The number of benzene rings is 1. The Labute approximate surface area is 103 Å². The van der Waals surface area contributed by atoms with Crippen molar-refractivity contribution in [2.24, 2.45) is 0 Å². The van der Waals surface area contributed by atoms with Gasteiger partial charge in [0.15, 0.2) is 0 Å². The molecule has 0 aliphatic carbocycles. The Morgan fingerprint density at radius 3 is 3.00 bits per heavy atom. The van der Waals surface area contributed by atoms with Gasteiger partial charge in [0, 0.05) is 24.6 Å². The maximum Gasteiger partial charge on any atom is 0.205 e. The molecule has 1 aromatic carbocycles. The quantitative estimate of drug-likeness (QED) is 0.777. The minimum Gasteiger partial charge on any atom is -0.342 e. The first-order chi connectivity index (χ1) is 8.22. The molecule has 0 atom stereocenters. The van der Waals surface area contributed by atoms with Crippen molar-refractivity contribution in [2.75, 3.05) is 11.4 Å². The molecule has 1 aliphatic rings. The normalized spacial score (nSPS) is 14.8. The topological polar surface area (TPSA) is 29.0 Å². The Kier molecular flexibility index (Phi) is 2.55. The second-order valence-electron chi connectivity index (χ2n) is 4.21. The van der Waals surface area contributed by atoms with Gasteiger partial charge < -0.3 is 4.90 Å². The number of hydrogen-bond donors (Lipinski definition) is 0. The van der Waals surface area contributed by atoms with Gasteiger partial charge in [-0.2, -0.15) is 4.37 Å². The second kappa shape index (κ2) is 4.07. The monoisotopic (exact) mass is 249 g/mol. The number of aryl methyl sites for hydroxylation is 1. The molecule has 2 heterocycles. The predicted molar refractivity (Wildman–Crippen MR) is 65.8 cm³/mol. The van der Waals surface area contributed by atoms with Gasteiger partial charge in [0.2, 0.25) is 5.13 Å². The molecule has 2 aromatic rings. The van der Waals surface area contributed by atoms with E-state index < -0.39 is 0 Å². The summed E-state index contributed by atoms with van der Waals surface area (Å²) in [4.78, 5) is 6.58. The van der Waals surface area contributed by atoms with E-state index in [0.29, 0.717) is 0 Å². The summed E-state index contributed by atoms with van der Waals surface area (Å²) < 4.78 is 17.3. The number of aromatic nitrogens is 2. The van der Waals surface area contributed by atoms with E-state index in [4.69, 9.17) is 0 Å². The van der Waals surface area contributed by atoms with Crippen LogP contribution in [-0.2, 0) is 13.0 Å². The Bertz CT molecular complexity index is 552. The van der Waals surface area contributed by atoms with Crippen molar-refractivity contribution in [2.45, 2.75) is 19.9 Å². The highest BCUT2D eigenvalue weighted by Crippen LogP contribution is 2.25. The van der Waals surface area contributed by atoms with Crippen LogP contribution in [-0.4, -0.2) is 15.9 Å². The highest BCUT2D eigenvalue weighted by Gasteiger charge is 2.19. The minimum absolute atomic E-state index is 0.149. The Hall–Kier alpha value is -1.49. The smallest absolute Gasteiger partial charge is 0.205 e. The Morgan fingerprint density at radius 1 is 1.35 bits per heavy atom. The average Bonchev–Trinajstić information content (AvgIpc) is 2.75. The molecular weight excluding hydrogens is 237 g/mol. The van der Waals surface area contributed by atoms with E-state index in [1.807, 2.05) is 13.0 Å². The summed E-state index contributed by atoms with van der Waals surface area (Å²) in [6.45, 7) is 3.57. The van der Waals surface area contributed by atoms with Crippen molar-refractivity contribution in [1.82, 2.24) is 9.36 Å². The lowest BCUT2D eigenvalue weighted by Crippen LogP contribution is -2.30. The fourth-order valence-electron chi connectivity index (χ4n) is 2.10. The number of halogens is 1. The molecular formula is C12H12FN3S. The van der Waals surface area contributed by atoms with Crippen molar-refractivity contribution in [3.05, 3.63) is 41.0 Å². The lowest BCUT2D eigenvalue weighted by atomic mass is 10.0. The lowest BCUT2D eigenvalue weighted by molar-refractivity contribution is 0.619. The molecule has 17 heavy (non-hydrogen) atoms. The molecule has 88 valence electrons. The molecule has 0 saturated heterocycles. The third-order valence-corrected chi connectivity index (χ3v) is 3.84. The van der Waals surface area contributed by atoms with Gasteiger partial charge in [0.1, 0.15) is 11.6 Å². The van der Waals surface area contributed by atoms with Gasteiger partial charge in [0.05, 0.1) is 0 Å². The van der Waals surface area contributed by atoms with E-state index in [1.54, 1.807) is 6.07 Å². The zero-order chi connectivity index (χ0) is 11.8. The molecule has 0 spiro atoms.